The zero-order valence-electron chi connectivity index (χ0n) is 13.1. The number of carbonyl (C=O) groups excluding carboxylic acids is 1. The van der Waals surface area contributed by atoms with Gasteiger partial charge in [0.2, 0.25) is 0 Å². The topological polar surface area (TPSA) is 62.2 Å². The molecule has 1 amide bonds. The summed E-state index contributed by atoms with van der Waals surface area (Å²) in [5.41, 5.74) is 1.71. The Hall–Kier alpha value is -1.86. The summed E-state index contributed by atoms with van der Waals surface area (Å²) in [6, 6.07) is 0. The van der Waals surface area contributed by atoms with Crippen LogP contribution in [0, 0.1) is 6.92 Å². The van der Waals surface area contributed by atoms with Crippen LogP contribution in [0.1, 0.15) is 34.0 Å². The van der Waals surface area contributed by atoms with E-state index < -0.39 is 0 Å². The Bertz CT molecular complexity index is 718. The van der Waals surface area contributed by atoms with Gasteiger partial charge in [-0.15, -0.1) is 11.3 Å². The van der Waals surface area contributed by atoms with Crippen LogP contribution in [0.3, 0.4) is 0 Å². The molecule has 4 heterocycles. The fraction of sp³-hybridized carbons (Fsp3) is 0.500. The summed E-state index contributed by atoms with van der Waals surface area (Å²) in [6.45, 7) is 5.59. The Balaban J connectivity index is 1.44. The molecule has 1 unspecified atom stereocenters. The number of hydrogen-bond acceptors (Lipinski definition) is 6. The van der Waals surface area contributed by atoms with Crippen LogP contribution >= 0.6 is 11.3 Å². The van der Waals surface area contributed by atoms with Crippen LogP contribution in [0.2, 0.25) is 0 Å². The molecule has 0 aromatic carbocycles. The van der Waals surface area contributed by atoms with Crippen molar-refractivity contribution in [1.82, 2.24) is 24.8 Å². The highest BCUT2D eigenvalue weighted by Crippen LogP contribution is 2.40. The van der Waals surface area contributed by atoms with Crippen molar-refractivity contribution in [2.75, 3.05) is 19.6 Å². The Morgan fingerprint density at radius 1 is 1.35 bits per heavy atom. The SMILES string of the molecule is Cc1nc(CN2CCC23CCN(C(=O)c2cnccn2)C3)cs1. The van der Waals surface area contributed by atoms with Crippen molar-refractivity contribution in [3.05, 3.63) is 40.4 Å². The zero-order valence-corrected chi connectivity index (χ0v) is 13.9. The number of nitrogens with zero attached hydrogens (tertiary/aromatic N) is 5. The van der Waals surface area contributed by atoms with E-state index in [1.54, 1.807) is 29.9 Å². The van der Waals surface area contributed by atoms with Gasteiger partial charge in [-0.05, 0) is 19.8 Å². The summed E-state index contributed by atoms with van der Waals surface area (Å²) in [4.78, 5) is 29.6. The number of amides is 1. The lowest BCUT2D eigenvalue weighted by atomic mass is 9.83. The van der Waals surface area contributed by atoms with Gasteiger partial charge in [0.25, 0.3) is 5.91 Å². The Morgan fingerprint density at radius 3 is 2.87 bits per heavy atom. The molecule has 0 N–H and O–H groups in total. The molecule has 7 heteroatoms. The molecule has 0 saturated carbocycles. The van der Waals surface area contributed by atoms with Gasteiger partial charge >= 0.3 is 0 Å². The van der Waals surface area contributed by atoms with Crippen LogP contribution in [-0.2, 0) is 6.54 Å². The van der Waals surface area contributed by atoms with Crippen LogP contribution < -0.4 is 0 Å². The summed E-state index contributed by atoms with van der Waals surface area (Å²) in [6.07, 6.45) is 6.89. The first-order valence-corrected chi connectivity index (χ1v) is 8.76. The molecular formula is C16H19N5OS. The van der Waals surface area contributed by atoms with E-state index in [0.717, 1.165) is 49.7 Å². The number of aromatic nitrogens is 3. The van der Waals surface area contributed by atoms with Gasteiger partial charge in [0.15, 0.2) is 0 Å². The van der Waals surface area contributed by atoms with Crippen LogP contribution in [0.25, 0.3) is 0 Å². The molecule has 1 spiro atoms. The minimum atomic E-state index is -0.00803. The third kappa shape index (κ3) is 2.64. The molecule has 0 aliphatic carbocycles. The van der Waals surface area contributed by atoms with Crippen molar-refractivity contribution in [1.29, 1.82) is 0 Å². The Labute approximate surface area is 139 Å². The van der Waals surface area contributed by atoms with Gasteiger partial charge in [-0.25, -0.2) is 9.97 Å². The first kappa shape index (κ1) is 14.7. The molecule has 2 aromatic rings. The fourth-order valence-corrected chi connectivity index (χ4v) is 4.18. The van der Waals surface area contributed by atoms with E-state index in [-0.39, 0.29) is 11.4 Å². The number of likely N-dealkylation sites (tertiary alicyclic amines) is 2. The Morgan fingerprint density at radius 2 is 2.22 bits per heavy atom. The van der Waals surface area contributed by atoms with Gasteiger partial charge in [-0.1, -0.05) is 0 Å². The van der Waals surface area contributed by atoms with Crippen molar-refractivity contribution in [2.45, 2.75) is 31.8 Å². The number of rotatable bonds is 3. The third-order valence-electron chi connectivity index (χ3n) is 4.94. The number of carbonyl (C=O) groups is 1. The minimum Gasteiger partial charge on any atom is -0.335 e. The van der Waals surface area contributed by atoms with E-state index >= 15 is 0 Å². The smallest absolute Gasteiger partial charge is 0.274 e. The average molecular weight is 329 g/mol. The predicted octanol–water partition coefficient (Wildman–Crippen LogP) is 1.73. The van der Waals surface area contributed by atoms with Crippen molar-refractivity contribution in [2.24, 2.45) is 0 Å². The van der Waals surface area contributed by atoms with E-state index in [9.17, 15) is 4.79 Å². The van der Waals surface area contributed by atoms with Crippen LogP contribution in [0.5, 0.6) is 0 Å². The molecule has 2 saturated heterocycles. The summed E-state index contributed by atoms with van der Waals surface area (Å²) in [5, 5.41) is 3.25. The second-order valence-corrected chi connectivity index (χ2v) is 7.38. The predicted molar refractivity (Wildman–Crippen MR) is 87.2 cm³/mol. The second kappa shape index (κ2) is 5.65. The third-order valence-corrected chi connectivity index (χ3v) is 5.76. The van der Waals surface area contributed by atoms with Crippen molar-refractivity contribution in [3.63, 3.8) is 0 Å². The average Bonchev–Trinajstić information content (AvgIpc) is 3.20. The van der Waals surface area contributed by atoms with Crippen molar-refractivity contribution in [3.8, 4) is 0 Å². The van der Waals surface area contributed by atoms with Gasteiger partial charge < -0.3 is 4.90 Å². The van der Waals surface area contributed by atoms with Crippen LogP contribution in [-0.4, -0.2) is 55.8 Å². The molecule has 2 fully saturated rings. The molecule has 23 heavy (non-hydrogen) atoms. The molecule has 0 radical (unpaired) electrons. The lowest BCUT2D eigenvalue weighted by Crippen LogP contribution is -2.60. The van der Waals surface area contributed by atoms with E-state index in [1.165, 1.54) is 0 Å². The lowest BCUT2D eigenvalue weighted by molar-refractivity contribution is -0.0140. The van der Waals surface area contributed by atoms with Gasteiger partial charge in [-0.2, -0.15) is 0 Å². The molecule has 120 valence electrons. The van der Waals surface area contributed by atoms with Crippen LogP contribution in [0.15, 0.2) is 24.0 Å². The van der Waals surface area contributed by atoms with Gasteiger partial charge in [0.1, 0.15) is 5.69 Å². The molecule has 6 nitrogen and oxygen atoms in total. The monoisotopic (exact) mass is 329 g/mol. The maximum absolute atomic E-state index is 12.5. The summed E-state index contributed by atoms with van der Waals surface area (Å²) in [7, 11) is 0. The van der Waals surface area contributed by atoms with E-state index in [1.807, 2.05) is 11.8 Å². The van der Waals surface area contributed by atoms with Gasteiger partial charge in [-0.3, -0.25) is 14.7 Å². The molecular weight excluding hydrogens is 310 g/mol. The molecule has 2 aliphatic heterocycles. The summed E-state index contributed by atoms with van der Waals surface area (Å²) >= 11 is 1.70. The number of thiazole rings is 1. The molecule has 0 bridgehead atoms. The van der Waals surface area contributed by atoms with Crippen molar-refractivity contribution >= 4 is 17.2 Å². The first-order valence-electron chi connectivity index (χ1n) is 7.88. The zero-order chi connectivity index (χ0) is 15.9. The molecule has 2 aromatic heterocycles. The van der Waals surface area contributed by atoms with E-state index in [4.69, 9.17) is 0 Å². The van der Waals surface area contributed by atoms with Crippen LogP contribution in [0.4, 0.5) is 0 Å². The highest BCUT2D eigenvalue weighted by molar-refractivity contribution is 7.09. The summed E-state index contributed by atoms with van der Waals surface area (Å²) in [5.74, 6) is -0.00803. The van der Waals surface area contributed by atoms with E-state index in [2.05, 4.69) is 25.2 Å². The lowest BCUT2D eigenvalue weighted by Gasteiger charge is -2.50. The quantitative estimate of drug-likeness (QED) is 0.858. The maximum Gasteiger partial charge on any atom is 0.274 e. The normalized spacial score (nSPS) is 24.1. The molecule has 1 atom stereocenters. The van der Waals surface area contributed by atoms with E-state index in [0.29, 0.717) is 5.69 Å². The highest BCUT2D eigenvalue weighted by Gasteiger charge is 2.50. The first-order chi connectivity index (χ1) is 11.2. The Kier molecular flexibility index (Phi) is 3.61. The summed E-state index contributed by atoms with van der Waals surface area (Å²) < 4.78 is 0. The maximum atomic E-state index is 12.5. The standard InChI is InChI=1S/C16H19N5OS/c1-12-19-13(10-23-12)9-21-7-3-16(21)2-6-20(11-16)15(22)14-8-17-4-5-18-14/h4-5,8,10H,2-3,6-7,9,11H2,1H3. The highest BCUT2D eigenvalue weighted by atomic mass is 32.1. The number of hydrogen-bond donors (Lipinski definition) is 0. The second-order valence-electron chi connectivity index (χ2n) is 6.32. The van der Waals surface area contributed by atoms with Gasteiger partial charge in [0, 0.05) is 49.5 Å². The fourth-order valence-electron chi connectivity index (χ4n) is 3.57. The minimum absolute atomic E-state index is 0.00803. The van der Waals surface area contributed by atoms with Gasteiger partial charge in [0.05, 0.1) is 16.9 Å². The largest absolute Gasteiger partial charge is 0.335 e. The van der Waals surface area contributed by atoms with Crippen molar-refractivity contribution < 1.29 is 4.79 Å². The molecule has 2 aliphatic rings. The number of aryl methyl sites for hydroxylation is 1. The molecule has 4 rings (SSSR count).